The fourth-order valence-corrected chi connectivity index (χ4v) is 1.81. The van der Waals surface area contributed by atoms with Crippen LogP contribution in [0.25, 0.3) is 0 Å². The number of nitrogens with zero attached hydrogens (tertiary/aromatic N) is 5. The standard InChI is InChI=1S/C13H15N5O3/c1-2-17(7-10-3-5-14-6-4-10)13(21)11-8-18(16-15-11)9-12(19)20/h3-6,8H,2,7,9H2,1H3,(H,19,20). The van der Waals surface area contributed by atoms with E-state index in [0.29, 0.717) is 13.1 Å². The van der Waals surface area contributed by atoms with Crippen molar-refractivity contribution < 1.29 is 14.7 Å². The summed E-state index contributed by atoms with van der Waals surface area (Å²) in [4.78, 5) is 28.4. The van der Waals surface area contributed by atoms with Crippen LogP contribution >= 0.6 is 0 Å². The Morgan fingerprint density at radius 3 is 2.67 bits per heavy atom. The second-order valence-electron chi connectivity index (χ2n) is 4.37. The lowest BCUT2D eigenvalue weighted by molar-refractivity contribution is -0.137. The molecule has 0 atom stereocenters. The molecule has 0 unspecified atom stereocenters. The molecule has 0 aliphatic rings. The van der Waals surface area contributed by atoms with Crippen LogP contribution in [0.3, 0.4) is 0 Å². The molecule has 0 aromatic carbocycles. The number of carbonyl (C=O) groups is 2. The maximum Gasteiger partial charge on any atom is 0.325 e. The molecule has 0 saturated heterocycles. The second kappa shape index (κ2) is 6.60. The fraction of sp³-hybridized carbons (Fsp3) is 0.308. The first-order chi connectivity index (χ1) is 10.1. The zero-order chi connectivity index (χ0) is 15.2. The van der Waals surface area contributed by atoms with E-state index in [1.807, 2.05) is 19.1 Å². The van der Waals surface area contributed by atoms with Crippen molar-refractivity contribution in [2.24, 2.45) is 0 Å². The topological polar surface area (TPSA) is 101 Å². The van der Waals surface area contributed by atoms with Crippen LogP contribution in [0.5, 0.6) is 0 Å². The van der Waals surface area contributed by atoms with E-state index in [4.69, 9.17) is 5.11 Å². The molecule has 0 fully saturated rings. The smallest absolute Gasteiger partial charge is 0.325 e. The Kier molecular flexibility index (Phi) is 4.60. The van der Waals surface area contributed by atoms with Crippen LogP contribution in [0.15, 0.2) is 30.7 Å². The van der Waals surface area contributed by atoms with Crippen molar-refractivity contribution in [2.75, 3.05) is 6.54 Å². The van der Waals surface area contributed by atoms with E-state index in [1.165, 1.54) is 6.20 Å². The van der Waals surface area contributed by atoms with Crippen LogP contribution in [0.1, 0.15) is 23.0 Å². The fourth-order valence-electron chi connectivity index (χ4n) is 1.81. The Morgan fingerprint density at radius 1 is 1.33 bits per heavy atom. The Morgan fingerprint density at radius 2 is 2.05 bits per heavy atom. The average molecular weight is 289 g/mol. The molecule has 1 amide bonds. The third-order valence-corrected chi connectivity index (χ3v) is 2.85. The lowest BCUT2D eigenvalue weighted by Crippen LogP contribution is -2.30. The second-order valence-corrected chi connectivity index (χ2v) is 4.37. The predicted molar refractivity (Wildman–Crippen MR) is 72.3 cm³/mol. The monoisotopic (exact) mass is 289 g/mol. The number of carboxylic acid groups (broad SMARTS) is 1. The summed E-state index contributed by atoms with van der Waals surface area (Å²) in [5.41, 5.74) is 1.09. The van der Waals surface area contributed by atoms with Gasteiger partial charge >= 0.3 is 5.97 Å². The van der Waals surface area contributed by atoms with E-state index in [0.717, 1.165) is 10.2 Å². The zero-order valence-electron chi connectivity index (χ0n) is 11.5. The number of carbonyl (C=O) groups excluding carboxylic acids is 1. The zero-order valence-corrected chi connectivity index (χ0v) is 11.5. The van der Waals surface area contributed by atoms with Gasteiger partial charge < -0.3 is 10.0 Å². The van der Waals surface area contributed by atoms with Crippen molar-refractivity contribution in [3.63, 3.8) is 0 Å². The number of amides is 1. The van der Waals surface area contributed by atoms with E-state index >= 15 is 0 Å². The normalized spacial score (nSPS) is 10.3. The molecule has 2 aromatic rings. The molecule has 2 aromatic heterocycles. The molecule has 8 nitrogen and oxygen atoms in total. The molecular formula is C13H15N5O3. The van der Waals surface area contributed by atoms with Crippen molar-refractivity contribution in [3.05, 3.63) is 42.0 Å². The van der Waals surface area contributed by atoms with E-state index in [2.05, 4.69) is 15.3 Å². The number of carboxylic acids is 1. The van der Waals surface area contributed by atoms with Gasteiger partial charge in [-0.05, 0) is 24.6 Å². The molecule has 0 bridgehead atoms. The highest BCUT2D eigenvalue weighted by atomic mass is 16.4. The third kappa shape index (κ3) is 3.85. The van der Waals surface area contributed by atoms with Crippen LogP contribution in [-0.4, -0.2) is 48.4 Å². The van der Waals surface area contributed by atoms with E-state index < -0.39 is 5.97 Å². The number of aromatic nitrogens is 4. The molecule has 0 spiro atoms. The first kappa shape index (κ1) is 14.6. The summed E-state index contributed by atoms with van der Waals surface area (Å²) < 4.78 is 1.12. The molecule has 0 aliphatic carbocycles. The van der Waals surface area contributed by atoms with Gasteiger partial charge in [0.15, 0.2) is 5.69 Å². The van der Waals surface area contributed by atoms with Crippen LogP contribution in [0.4, 0.5) is 0 Å². The molecular weight excluding hydrogens is 274 g/mol. The quantitative estimate of drug-likeness (QED) is 0.827. The first-order valence-electron chi connectivity index (χ1n) is 6.40. The summed E-state index contributed by atoms with van der Waals surface area (Å²) >= 11 is 0. The highest BCUT2D eigenvalue weighted by molar-refractivity contribution is 5.91. The summed E-state index contributed by atoms with van der Waals surface area (Å²) in [6.45, 7) is 2.48. The largest absolute Gasteiger partial charge is 0.480 e. The van der Waals surface area contributed by atoms with Gasteiger partial charge in [0, 0.05) is 25.5 Å². The number of aliphatic carboxylic acids is 1. The van der Waals surface area contributed by atoms with Gasteiger partial charge in [0.05, 0.1) is 6.20 Å². The number of hydrogen-bond acceptors (Lipinski definition) is 5. The summed E-state index contributed by atoms with van der Waals surface area (Å²) in [6, 6.07) is 3.66. The van der Waals surface area contributed by atoms with Gasteiger partial charge in [0.1, 0.15) is 6.54 Å². The van der Waals surface area contributed by atoms with Crippen molar-refractivity contribution in [1.82, 2.24) is 24.9 Å². The van der Waals surface area contributed by atoms with Crippen molar-refractivity contribution in [1.29, 1.82) is 0 Å². The molecule has 21 heavy (non-hydrogen) atoms. The summed E-state index contributed by atoms with van der Waals surface area (Å²) in [7, 11) is 0. The predicted octanol–water partition coefficient (Wildman–Crippen LogP) is 0.420. The SMILES string of the molecule is CCN(Cc1ccncc1)C(=O)c1cn(CC(=O)O)nn1. The van der Waals surface area contributed by atoms with Gasteiger partial charge in [-0.25, -0.2) is 4.68 Å². The lowest BCUT2D eigenvalue weighted by atomic mass is 10.2. The molecule has 0 saturated carbocycles. The molecule has 8 heteroatoms. The van der Waals surface area contributed by atoms with Gasteiger partial charge in [0.2, 0.25) is 0 Å². The van der Waals surface area contributed by atoms with Crippen molar-refractivity contribution in [2.45, 2.75) is 20.0 Å². The molecule has 2 heterocycles. The first-order valence-corrected chi connectivity index (χ1v) is 6.40. The van der Waals surface area contributed by atoms with Gasteiger partial charge in [-0.2, -0.15) is 0 Å². The molecule has 110 valence electrons. The molecule has 0 aliphatic heterocycles. The van der Waals surface area contributed by atoms with E-state index in [9.17, 15) is 9.59 Å². The average Bonchev–Trinajstić information content (AvgIpc) is 2.92. The maximum absolute atomic E-state index is 12.3. The molecule has 0 radical (unpaired) electrons. The Bertz CT molecular complexity index is 626. The minimum Gasteiger partial charge on any atom is -0.480 e. The van der Waals surface area contributed by atoms with Crippen LogP contribution < -0.4 is 0 Å². The van der Waals surface area contributed by atoms with Crippen LogP contribution in [-0.2, 0) is 17.9 Å². The van der Waals surface area contributed by atoms with Crippen molar-refractivity contribution >= 4 is 11.9 Å². The Hall–Kier alpha value is -2.77. The van der Waals surface area contributed by atoms with Crippen LogP contribution in [0, 0.1) is 0 Å². The maximum atomic E-state index is 12.3. The Labute approximate surface area is 121 Å². The van der Waals surface area contributed by atoms with Gasteiger partial charge in [-0.3, -0.25) is 14.6 Å². The van der Waals surface area contributed by atoms with E-state index in [1.54, 1.807) is 17.3 Å². The van der Waals surface area contributed by atoms with Crippen molar-refractivity contribution in [3.8, 4) is 0 Å². The number of rotatable bonds is 6. The summed E-state index contributed by atoms with van der Waals surface area (Å²) in [6.07, 6.45) is 4.67. The minimum atomic E-state index is -1.04. The lowest BCUT2D eigenvalue weighted by Gasteiger charge is -2.19. The summed E-state index contributed by atoms with van der Waals surface area (Å²) in [5, 5.41) is 16.0. The van der Waals surface area contributed by atoms with Gasteiger partial charge in [-0.1, -0.05) is 5.21 Å². The molecule has 2 rings (SSSR count). The summed E-state index contributed by atoms with van der Waals surface area (Å²) in [5.74, 6) is -1.33. The highest BCUT2D eigenvalue weighted by Gasteiger charge is 2.18. The number of pyridine rings is 1. The third-order valence-electron chi connectivity index (χ3n) is 2.85. The highest BCUT2D eigenvalue weighted by Crippen LogP contribution is 2.07. The van der Waals surface area contributed by atoms with Gasteiger partial charge in [0.25, 0.3) is 5.91 Å². The minimum absolute atomic E-state index is 0.132. The van der Waals surface area contributed by atoms with E-state index in [-0.39, 0.29) is 18.1 Å². The van der Waals surface area contributed by atoms with Gasteiger partial charge in [-0.15, -0.1) is 5.10 Å². The number of hydrogen-bond donors (Lipinski definition) is 1. The Balaban J connectivity index is 2.09. The van der Waals surface area contributed by atoms with Crippen LogP contribution in [0.2, 0.25) is 0 Å². The molecule has 1 N–H and O–H groups in total.